The van der Waals surface area contributed by atoms with Gasteiger partial charge in [-0.2, -0.15) is 0 Å². The summed E-state index contributed by atoms with van der Waals surface area (Å²) in [6.45, 7) is 3.33. The van der Waals surface area contributed by atoms with Gasteiger partial charge in [-0.3, -0.25) is 0 Å². The van der Waals surface area contributed by atoms with Crippen molar-refractivity contribution in [3.8, 4) is 11.4 Å². The molecule has 3 aromatic rings. The fourth-order valence-electron chi connectivity index (χ4n) is 3.51. The molecule has 2 nitrogen and oxygen atoms in total. The summed E-state index contributed by atoms with van der Waals surface area (Å²) < 4.78 is 2.40. The molecule has 132 valence electrons. The minimum atomic E-state index is 1.06. The van der Waals surface area contributed by atoms with Gasteiger partial charge in [0.1, 0.15) is 5.82 Å². The zero-order chi connectivity index (χ0) is 17.3. The van der Waals surface area contributed by atoms with Crippen LogP contribution >= 0.6 is 0 Å². The SMILES string of the molecule is CCCCCCCCCCn1c(-c2ccccc2)nc2ccccc21. The molecule has 2 aromatic carbocycles. The van der Waals surface area contributed by atoms with Gasteiger partial charge in [0.05, 0.1) is 11.0 Å². The largest absolute Gasteiger partial charge is 0.324 e. The molecular weight excluding hydrogens is 304 g/mol. The van der Waals surface area contributed by atoms with Crippen LogP contribution in [0, 0.1) is 0 Å². The van der Waals surface area contributed by atoms with Gasteiger partial charge >= 0.3 is 0 Å². The van der Waals surface area contributed by atoms with Crippen LogP contribution in [0.3, 0.4) is 0 Å². The van der Waals surface area contributed by atoms with E-state index in [1.165, 1.54) is 62.4 Å². The van der Waals surface area contributed by atoms with Gasteiger partial charge < -0.3 is 4.57 Å². The van der Waals surface area contributed by atoms with Gasteiger partial charge in [-0.1, -0.05) is 94.3 Å². The van der Waals surface area contributed by atoms with Gasteiger partial charge in [-0.25, -0.2) is 4.98 Å². The highest BCUT2D eigenvalue weighted by atomic mass is 15.1. The summed E-state index contributed by atoms with van der Waals surface area (Å²) in [6, 6.07) is 19.1. The van der Waals surface area contributed by atoms with Gasteiger partial charge in [0.25, 0.3) is 0 Å². The number of benzene rings is 2. The van der Waals surface area contributed by atoms with E-state index in [0.717, 1.165) is 17.9 Å². The number of para-hydroxylation sites is 2. The second kappa shape index (κ2) is 9.41. The molecule has 0 amide bonds. The van der Waals surface area contributed by atoms with E-state index in [-0.39, 0.29) is 0 Å². The van der Waals surface area contributed by atoms with Crippen molar-refractivity contribution < 1.29 is 0 Å². The van der Waals surface area contributed by atoms with E-state index < -0.39 is 0 Å². The summed E-state index contributed by atoms with van der Waals surface area (Å²) in [7, 11) is 0. The molecule has 1 heterocycles. The molecule has 0 bridgehead atoms. The number of imidazole rings is 1. The van der Waals surface area contributed by atoms with Crippen molar-refractivity contribution in [2.24, 2.45) is 0 Å². The Morgan fingerprint density at radius 1 is 0.720 bits per heavy atom. The number of hydrogen-bond acceptors (Lipinski definition) is 1. The third-order valence-electron chi connectivity index (χ3n) is 4.92. The highest BCUT2D eigenvalue weighted by Gasteiger charge is 2.11. The maximum Gasteiger partial charge on any atom is 0.141 e. The molecule has 0 spiro atoms. The monoisotopic (exact) mass is 334 g/mol. The van der Waals surface area contributed by atoms with Crippen molar-refractivity contribution in [2.75, 3.05) is 0 Å². The molecule has 1 aromatic heterocycles. The fraction of sp³-hybridized carbons (Fsp3) is 0.435. The molecule has 0 radical (unpaired) electrons. The number of rotatable bonds is 10. The second-order valence-electron chi connectivity index (χ2n) is 6.92. The van der Waals surface area contributed by atoms with Crippen molar-refractivity contribution in [2.45, 2.75) is 64.8 Å². The molecule has 0 atom stereocenters. The Kier molecular flexibility index (Phi) is 6.67. The zero-order valence-corrected chi connectivity index (χ0v) is 15.5. The Morgan fingerprint density at radius 3 is 2.12 bits per heavy atom. The van der Waals surface area contributed by atoms with Crippen LogP contribution in [0.1, 0.15) is 58.3 Å². The predicted molar refractivity (Wildman–Crippen MR) is 108 cm³/mol. The topological polar surface area (TPSA) is 17.8 Å². The quantitative estimate of drug-likeness (QED) is 0.371. The first-order valence-corrected chi connectivity index (χ1v) is 9.91. The number of fused-ring (bicyclic) bond motifs is 1. The molecule has 0 saturated heterocycles. The lowest BCUT2D eigenvalue weighted by molar-refractivity contribution is 0.549. The maximum atomic E-state index is 4.89. The van der Waals surface area contributed by atoms with E-state index in [4.69, 9.17) is 4.98 Å². The van der Waals surface area contributed by atoms with E-state index in [1.807, 2.05) is 0 Å². The van der Waals surface area contributed by atoms with Crippen molar-refractivity contribution in [3.63, 3.8) is 0 Å². The van der Waals surface area contributed by atoms with E-state index in [2.05, 4.69) is 66.1 Å². The molecule has 3 rings (SSSR count). The minimum absolute atomic E-state index is 1.06. The Bertz CT molecular complexity index is 758. The van der Waals surface area contributed by atoms with Crippen LogP contribution in [0.25, 0.3) is 22.4 Å². The minimum Gasteiger partial charge on any atom is -0.324 e. The lowest BCUT2D eigenvalue weighted by atomic mass is 10.1. The van der Waals surface area contributed by atoms with Crippen LogP contribution in [-0.2, 0) is 6.54 Å². The zero-order valence-electron chi connectivity index (χ0n) is 15.5. The summed E-state index contributed by atoms with van der Waals surface area (Å²) in [5.74, 6) is 1.10. The first-order chi connectivity index (χ1) is 12.4. The van der Waals surface area contributed by atoms with E-state index in [0.29, 0.717) is 0 Å². The van der Waals surface area contributed by atoms with Gasteiger partial charge in [-0.05, 0) is 18.6 Å². The smallest absolute Gasteiger partial charge is 0.141 e. The summed E-state index contributed by atoms with van der Waals surface area (Å²) in [6.07, 6.45) is 10.8. The number of unbranched alkanes of at least 4 members (excludes halogenated alkanes) is 7. The van der Waals surface area contributed by atoms with E-state index >= 15 is 0 Å². The van der Waals surface area contributed by atoms with E-state index in [1.54, 1.807) is 0 Å². The first-order valence-electron chi connectivity index (χ1n) is 9.91. The first kappa shape index (κ1) is 17.7. The van der Waals surface area contributed by atoms with Gasteiger partial charge in [-0.15, -0.1) is 0 Å². The third kappa shape index (κ3) is 4.72. The van der Waals surface area contributed by atoms with Gasteiger partial charge in [0.15, 0.2) is 0 Å². The normalized spacial score (nSPS) is 11.2. The fourth-order valence-corrected chi connectivity index (χ4v) is 3.51. The molecule has 0 fully saturated rings. The molecule has 0 aliphatic rings. The molecule has 25 heavy (non-hydrogen) atoms. The van der Waals surface area contributed by atoms with Crippen LogP contribution in [0.2, 0.25) is 0 Å². The summed E-state index contributed by atoms with van der Waals surface area (Å²) in [4.78, 5) is 4.89. The molecule has 2 heteroatoms. The standard InChI is InChI=1S/C23H30N2/c1-2-3-4-5-6-7-8-14-19-25-22-18-13-12-17-21(22)24-23(25)20-15-10-9-11-16-20/h9-13,15-18H,2-8,14,19H2,1H3. The number of aromatic nitrogens is 2. The summed E-state index contributed by atoms with van der Waals surface area (Å²) in [5, 5.41) is 0. The van der Waals surface area contributed by atoms with Crippen LogP contribution in [0.5, 0.6) is 0 Å². The highest BCUT2D eigenvalue weighted by molar-refractivity contribution is 5.80. The third-order valence-corrected chi connectivity index (χ3v) is 4.92. The van der Waals surface area contributed by atoms with E-state index in [9.17, 15) is 0 Å². The van der Waals surface area contributed by atoms with Crippen molar-refractivity contribution >= 4 is 11.0 Å². The van der Waals surface area contributed by atoms with Crippen LogP contribution in [0.4, 0.5) is 0 Å². The average Bonchev–Trinajstić information content (AvgIpc) is 3.03. The molecule has 0 aliphatic heterocycles. The Hall–Kier alpha value is -2.09. The Labute approximate surface area is 151 Å². The van der Waals surface area contributed by atoms with Crippen LogP contribution < -0.4 is 0 Å². The van der Waals surface area contributed by atoms with Crippen molar-refractivity contribution in [3.05, 3.63) is 54.6 Å². The summed E-state index contributed by atoms with van der Waals surface area (Å²) >= 11 is 0. The predicted octanol–water partition coefficient (Wildman–Crippen LogP) is 6.84. The lowest BCUT2D eigenvalue weighted by Gasteiger charge is -2.09. The molecule has 0 saturated carbocycles. The Morgan fingerprint density at radius 2 is 1.36 bits per heavy atom. The molecule has 0 N–H and O–H groups in total. The average molecular weight is 335 g/mol. The number of hydrogen-bond donors (Lipinski definition) is 0. The van der Waals surface area contributed by atoms with Gasteiger partial charge in [0.2, 0.25) is 0 Å². The Balaban J connectivity index is 1.64. The van der Waals surface area contributed by atoms with Crippen molar-refractivity contribution in [1.29, 1.82) is 0 Å². The number of aryl methyl sites for hydroxylation is 1. The van der Waals surface area contributed by atoms with Crippen molar-refractivity contribution in [1.82, 2.24) is 9.55 Å². The van der Waals surface area contributed by atoms with Crippen LogP contribution in [-0.4, -0.2) is 9.55 Å². The molecule has 0 unspecified atom stereocenters. The number of nitrogens with zero attached hydrogens (tertiary/aromatic N) is 2. The second-order valence-corrected chi connectivity index (χ2v) is 6.92. The van der Waals surface area contributed by atoms with Crippen LogP contribution in [0.15, 0.2) is 54.6 Å². The summed E-state index contributed by atoms with van der Waals surface area (Å²) in [5.41, 5.74) is 3.56. The highest BCUT2D eigenvalue weighted by Crippen LogP contribution is 2.25. The molecule has 0 aliphatic carbocycles. The molecular formula is C23H30N2. The maximum absolute atomic E-state index is 4.89. The lowest BCUT2D eigenvalue weighted by Crippen LogP contribution is -2.01. The van der Waals surface area contributed by atoms with Gasteiger partial charge in [0, 0.05) is 12.1 Å².